The summed E-state index contributed by atoms with van der Waals surface area (Å²) in [6.45, 7) is 1.91. The first-order valence-electron chi connectivity index (χ1n) is 5.75. The van der Waals surface area contributed by atoms with Crippen LogP contribution in [-0.2, 0) is 6.61 Å². The molecule has 2 rings (SSSR count). The first kappa shape index (κ1) is 10.6. The van der Waals surface area contributed by atoms with E-state index in [0.29, 0.717) is 11.7 Å². The lowest BCUT2D eigenvalue weighted by atomic mass is 9.86. The van der Waals surface area contributed by atoms with E-state index in [-0.39, 0.29) is 6.61 Å². The van der Waals surface area contributed by atoms with E-state index in [1.54, 1.807) is 0 Å². The van der Waals surface area contributed by atoms with Gasteiger partial charge < -0.3 is 5.11 Å². The molecule has 0 spiro atoms. The molecule has 82 valence electrons. The summed E-state index contributed by atoms with van der Waals surface area (Å²) in [7, 11) is 0. The molecule has 15 heavy (non-hydrogen) atoms. The van der Waals surface area contributed by atoms with Gasteiger partial charge in [-0.05, 0) is 25.8 Å². The average Bonchev–Trinajstić information content (AvgIpc) is 2.29. The van der Waals surface area contributed by atoms with E-state index in [1.165, 1.54) is 32.1 Å². The molecular formula is C12H18N2O. The van der Waals surface area contributed by atoms with Gasteiger partial charge in [-0.2, -0.15) is 0 Å². The monoisotopic (exact) mass is 206 g/mol. The van der Waals surface area contributed by atoms with Crippen molar-refractivity contribution >= 4 is 0 Å². The van der Waals surface area contributed by atoms with Crippen LogP contribution in [0, 0.1) is 6.92 Å². The minimum atomic E-state index is -0.0542. The molecule has 0 amide bonds. The normalized spacial score (nSPS) is 18.0. The zero-order chi connectivity index (χ0) is 10.7. The molecule has 1 aliphatic rings. The minimum absolute atomic E-state index is 0.0542. The average molecular weight is 206 g/mol. The highest BCUT2D eigenvalue weighted by atomic mass is 16.3. The van der Waals surface area contributed by atoms with Gasteiger partial charge in [0, 0.05) is 17.3 Å². The molecule has 1 aromatic heterocycles. The third-order valence-electron chi connectivity index (χ3n) is 3.09. The molecule has 0 unspecified atom stereocenters. The zero-order valence-corrected chi connectivity index (χ0v) is 9.24. The highest BCUT2D eigenvalue weighted by Crippen LogP contribution is 2.31. The van der Waals surface area contributed by atoms with E-state index in [0.717, 1.165) is 11.4 Å². The molecule has 0 bridgehead atoms. The lowest BCUT2D eigenvalue weighted by Crippen LogP contribution is -2.09. The Hall–Kier alpha value is -0.960. The van der Waals surface area contributed by atoms with Crippen LogP contribution in [-0.4, -0.2) is 15.1 Å². The van der Waals surface area contributed by atoms with Crippen molar-refractivity contribution in [3.05, 3.63) is 23.3 Å². The second-order valence-corrected chi connectivity index (χ2v) is 4.34. The molecule has 0 radical (unpaired) electrons. The van der Waals surface area contributed by atoms with Gasteiger partial charge in [0.1, 0.15) is 6.61 Å². The maximum absolute atomic E-state index is 9.06. The number of aliphatic hydroxyl groups is 1. The van der Waals surface area contributed by atoms with E-state index in [2.05, 4.69) is 16.0 Å². The molecule has 1 aliphatic carbocycles. The predicted molar refractivity (Wildman–Crippen MR) is 58.5 cm³/mol. The van der Waals surface area contributed by atoms with Crippen LogP contribution < -0.4 is 0 Å². The number of nitrogens with zero attached hydrogens (tertiary/aromatic N) is 2. The molecule has 1 heterocycles. The first-order chi connectivity index (χ1) is 7.29. The topological polar surface area (TPSA) is 46.0 Å². The molecule has 0 saturated heterocycles. The SMILES string of the molecule is Cc1cc(C2CCCCC2)nc(CO)n1. The number of aliphatic hydroxyl groups excluding tert-OH is 1. The van der Waals surface area contributed by atoms with Crippen LogP contribution in [0.2, 0.25) is 0 Å². The van der Waals surface area contributed by atoms with E-state index < -0.39 is 0 Å². The highest BCUT2D eigenvalue weighted by molar-refractivity contribution is 5.14. The highest BCUT2D eigenvalue weighted by Gasteiger charge is 2.17. The maximum atomic E-state index is 9.06. The van der Waals surface area contributed by atoms with Gasteiger partial charge in [-0.15, -0.1) is 0 Å². The van der Waals surface area contributed by atoms with Crippen LogP contribution in [0.15, 0.2) is 6.07 Å². The summed E-state index contributed by atoms with van der Waals surface area (Å²) in [6.07, 6.45) is 6.44. The summed E-state index contributed by atoms with van der Waals surface area (Å²) in [5.41, 5.74) is 2.10. The van der Waals surface area contributed by atoms with E-state index in [4.69, 9.17) is 5.11 Å². The summed E-state index contributed by atoms with van der Waals surface area (Å²) < 4.78 is 0. The number of rotatable bonds is 2. The Labute approximate surface area is 90.6 Å². The molecule has 0 aromatic carbocycles. The van der Waals surface area contributed by atoms with Crippen molar-refractivity contribution in [3.63, 3.8) is 0 Å². The Balaban J connectivity index is 2.22. The van der Waals surface area contributed by atoms with E-state index >= 15 is 0 Å². The molecule has 1 saturated carbocycles. The lowest BCUT2D eigenvalue weighted by Gasteiger charge is -2.21. The molecular weight excluding hydrogens is 188 g/mol. The van der Waals surface area contributed by atoms with Crippen LogP contribution in [0.4, 0.5) is 0 Å². The first-order valence-corrected chi connectivity index (χ1v) is 5.75. The van der Waals surface area contributed by atoms with Crippen molar-refractivity contribution in [2.75, 3.05) is 0 Å². The molecule has 0 atom stereocenters. The number of hydrogen-bond acceptors (Lipinski definition) is 3. The van der Waals surface area contributed by atoms with Crippen molar-refractivity contribution < 1.29 is 5.11 Å². The minimum Gasteiger partial charge on any atom is -0.388 e. The van der Waals surface area contributed by atoms with Crippen LogP contribution in [0.3, 0.4) is 0 Å². The van der Waals surface area contributed by atoms with Crippen molar-refractivity contribution in [3.8, 4) is 0 Å². The predicted octanol–water partition coefficient (Wildman–Crippen LogP) is 2.33. The second-order valence-electron chi connectivity index (χ2n) is 4.34. The van der Waals surface area contributed by atoms with Crippen LogP contribution in [0.1, 0.15) is 55.2 Å². The summed E-state index contributed by atoms with van der Waals surface area (Å²) in [6, 6.07) is 2.06. The van der Waals surface area contributed by atoms with Gasteiger partial charge in [0.2, 0.25) is 0 Å². The summed E-state index contributed by atoms with van der Waals surface area (Å²) in [5.74, 6) is 1.15. The maximum Gasteiger partial charge on any atom is 0.154 e. The fraction of sp³-hybridized carbons (Fsp3) is 0.667. The Morgan fingerprint density at radius 1 is 1.27 bits per heavy atom. The Bertz CT molecular complexity index is 332. The van der Waals surface area contributed by atoms with Gasteiger partial charge in [0.05, 0.1) is 0 Å². The molecule has 3 heteroatoms. The zero-order valence-electron chi connectivity index (χ0n) is 9.24. The van der Waals surface area contributed by atoms with Crippen molar-refractivity contribution in [2.24, 2.45) is 0 Å². The van der Waals surface area contributed by atoms with Crippen molar-refractivity contribution in [2.45, 2.75) is 51.6 Å². The standard InChI is InChI=1S/C12H18N2O/c1-9-7-11(14-12(8-15)13-9)10-5-3-2-4-6-10/h7,10,15H,2-6,8H2,1H3. The van der Waals surface area contributed by atoms with Gasteiger partial charge in [0.15, 0.2) is 5.82 Å². The molecule has 1 fully saturated rings. The largest absolute Gasteiger partial charge is 0.388 e. The van der Waals surface area contributed by atoms with Crippen LogP contribution >= 0.6 is 0 Å². The van der Waals surface area contributed by atoms with Crippen molar-refractivity contribution in [1.29, 1.82) is 0 Å². The smallest absolute Gasteiger partial charge is 0.154 e. The van der Waals surface area contributed by atoms with E-state index in [1.807, 2.05) is 6.92 Å². The second kappa shape index (κ2) is 4.71. The lowest BCUT2D eigenvalue weighted by molar-refractivity contribution is 0.270. The summed E-state index contributed by atoms with van der Waals surface area (Å²) >= 11 is 0. The fourth-order valence-corrected chi connectivity index (χ4v) is 2.33. The summed E-state index contributed by atoms with van der Waals surface area (Å²) in [4.78, 5) is 8.60. The van der Waals surface area contributed by atoms with Gasteiger partial charge in [-0.1, -0.05) is 19.3 Å². The Kier molecular flexibility index (Phi) is 3.31. The van der Waals surface area contributed by atoms with Gasteiger partial charge in [-0.3, -0.25) is 0 Å². The third kappa shape index (κ3) is 2.53. The molecule has 1 aromatic rings. The quantitative estimate of drug-likeness (QED) is 0.807. The molecule has 1 N–H and O–H groups in total. The molecule has 0 aliphatic heterocycles. The van der Waals surface area contributed by atoms with Gasteiger partial charge >= 0.3 is 0 Å². The summed E-state index contributed by atoms with van der Waals surface area (Å²) in [5, 5.41) is 9.06. The van der Waals surface area contributed by atoms with Gasteiger partial charge in [-0.25, -0.2) is 9.97 Å². The Morgan fingerprint density at radius 2 is 2.00 bits per heavy atom. The number of aryl methyl sites for hydroxylation is 1. The van der Waals surface area contributed by atoms with Crippen LogP contribution in [0.5, 0.6) is 0 Å². The van der Waals surface area contributed by atoms with Gasteiger partial charge in [0.25, 0.3) is 0 Å². The number of hydrogen-bond donors (Lipinski definition) is 1. The molecule has 3 nitrogen and oxygen atoms in total. The van der Waals surface area contributed by atoms with Crippen molar-refractivity contribution in [1.82, 2.24) is 9.97 Å². The Morgan fingerprint density at radius 3 is 2.67 bits per heavy atom. The third-order valence-corrected chi connectivity index (χ3v) is 3.09. The van der Waals surface area contributed by atoms with E-state index in [9.17, 15) is 0 Å². The fourth-order valence-electron chi connectivity index (χ4n) is 2.33. The van der Waals surface area contributed by atoms with Crippen LogP contribution in [0.25, 0.3) is 0 Å². The number of aromatic nitrogens is 2.